The van der Waals surface area contributed by atoms with Crippen LogP contribution in [0.5, 0.6) is 5.75 Å². The summed E-state index contributed by atoms with van der Waals surface area (Å²) in [7, 11) is 1.53. The molecule has 1 aromatic heterocycles. The third-order valence-corrected chi connectivity index (χ3v) is 3.34. The Balaban J connectivity index is 2.16. The molecule has 0 aliphatic rings. The average molecular weight is 283 g/mol. The van der Waals surface area contributed by atoms with E-state index in [2.05, 4.69) is 10.3 Å². The number of halogens is 1. The lowest BCUT2D eigenvalue weighted by atomic mass is 10.2. The number of thiazole rings is 1. The van der Waals surface area contributed by atoms with Crippen LogP contribution in [0.25, 0.3) is 0 Å². The van der Waals surface area contributed by atoms with Gasteiger partial charge in [0.05, 0.1) is 24.2 Å². The van der Waals surface area contributed by atoms with E-state index in [1.807, 2.05) is 11.4 Å². The number of carbonyl (C=O) groups excluding carboxylic acids is 1. The zero-order valence-corrected chi connectivity index (χ0v) is 11.2. The van der Waals surface area contributed by atoms with Gasteiger partial charge in [-0.3, -0.25) is 10.1 Å². The van der Waals surface area contributed by atoms with E-state index >= 15 is 0 Å². The molecule has 0 spiro atoms. The lowest BCUT2D eigenvalue weighted by Crippen LogP contribution is -2.12. The number of hydrogen-bond donors (Lipinski definition) is 1. The molecule has 2 rings (SSSR count). The molecule has 0 atom stereocenters. The fourth-order valence-electron chi connectivity index (χ4n) is 1.42. The van der Waals surface area contributed by atoms with Gasteiger partial charge in [0, 0.05) is 5.38 Å². The van der Waals surface area contributed by atoms with Crippen molar-refractivity contribution >= 4 is 34.0 Å². The summed E-state index contributed by atoms with van der Waals surface area (Å²) in [5, 5.41) is 5.06. The number of benzene rings is 1. The number of para-hydroxylation sites is 1. The van der Waals surface area contributed by atoms with Crippen LogP contribution in [0.1, 0.15) is 16.1 Å². The van der Waals surface area contributed by atoms with Crippen LogP contribution >= 0.6 is 22.9 Å². The summed E-state index contributed by atoms with van der Waals surface area (Å²) in [4.78, 5) is 16.2. The summed E-state index contributed by atoms with van der Waals surface area (Å²) < 4.78 is 5.13. The third-order valence-electron chi connectivity index (χ3n) is 2.26. The zero-order valence-electron chi connectivity index (χ0n) is 9.64. The van der Waals surface area contributed by atoms with Crippen molar-refractivity contribution in [1.29, 1.82) is 0 Å². The Morgan fingerprint density at radius 2 is 2.28 bits per heavy atom. The highest BCUT2D eigenvalue weighted by molar-refractivity contribution is 7.14. The third kappa shape index (κ3) is 2.80. The maximum Gasteiger partial charge on any atom is 0.261 e. The first-order valence-electron chi connectivity index (χ1n) is 5.19. The smallest absolute Gasteiger partial charge is 0.261 e. The SMILES string of the molecule is COc1ccccc1C(=O)Nc1nc(CCl)cs1. The molecule has 1 amide bonds. The summed E-state index contributed by atoms with van der Waals surface area (Å²) in [5.41, 5.74) is 1.22. The van der Waals surface area contributed by atoms with Gasteiger partial charge in [-0.2, -0.15) is 0 Å². The fourth-order valence-corrected chi connectivity index (χ4v) is 2.36. The summed E-state index contributed by atoms with van der Waals surface area (Å²) in [6, 6.07) is 7.03. The predicted molar refractivity (Wildman–Crippen MR) is 72.6 cm³/mol. The van der Waals surface area contributed by atoms with Crippen molar-refractivity contribution in [3.8, 4) is 5.75 Å². The Kier molecular flexibility index (Phi) is 4.17. The van der Waals surface area contributed by atoms with Crippen LogP contribution < -0.4 is 10.1 Å². The second kappa shape index (κ2) is 5.84. The van der Waals surface area contributed by atoms with Crippen LogP contribution in [0.2, 0.25) is 0 Å². The Hall–Kier alpha value is -1.59. The van der Waals surface area contributed by atoms with Crippen LogP contribution in [0.3, 0.4) is 0 Å². The largest absolute Gasteiger partial charge is 0.496 e. The summed E-state index contributed by atoms with van der Waals surface area (Å²) in [6.07, 6.45) is 0. The quantitative estimate of drug-likeness (QED) is 0.877. The van der Waals surface area contributed by atoms with Gasteiger partial charge >= 0.3 is 0 Å². The van der Waals surface area contributed by atoms with Gasteiger partial charge in [0.1, 0.15) is 5.75 Å². The normalized spacial score (nSPS) is 10.1. The first kappa shape index (κ1) is 12.9. The molecule has 6 heteroatoms. The van der Waals surface area contributed by atoms with Crippen molar-refractivity contribution < 1.29 is 9.53 Å². The number of anilines is 1. The van der Waals surface area contributed by atoms with Crippen molar-refractivity contribution in [2.75, 3.05) is 12.4 Å². The fraction of sp³-hybridized carbons (Fsp3) is 0.167. The standard InChI is InChI=1S/C12H11ClN2O2S/c1-17-10-5-3-2-4-9(10)11(16)15-12-14-8(6-13)7-18-12/h2-5,7H,6H2,1H3,(H,14,15,16). The molecule has 1 aromatic carbocycles. The molecule has 1 heterocycles. The Bertz CT molecular complexity index is 557. The number of rotatable bonds is 4. The number of methoxy groups -OCH3 is 1. The Morgan fingerprint density at radius 3 is 2.94 bits per heavy atom. The van der Waals surface area contributed by atoms with E-state index in [1.54, 1.807) is 18.2 Å². The first-order chi connectivity index (χ1) is 8.74. The number of amides is 1. The van der Waals surface area contributed by atoms with Crippen molar-refractivity contribution in [2.24, 2.45) is 0 Å². The van der Waals surface area contributed by atoms with Gasteiger partial charge < -0.3 is 4.74 Å². The summed E-state index contributed by atoms with van der Waals surface area (Å²) in [6.45, 7) is 0. The number of hydrogen-bond acceptors (Lipinski definition) is 4. The van der Waals surface area contributed by atoms with Crippen molar-refractivity contribution in [2.45, 2.75) is 5.88 Å². The van der Waals surface area contributed by atoms with E-state index in [4.69, 9.17) is 16.3 Å². The summed E-state index contributed by atoms with van der Waals surface area (Å²) >= 11 is 7.00. The van der Waals surface area contributed by atoms with Crippen LogP contribution in [-0.2, 0) is 5.88 Å². The van der Waals surface area contributed by atoms with Gasteiger partial charge in [0.25, 0.3) is 5.91 Å². The Morgan fingerprint density at radius 1 is 1.50 bits per heavy atom. The highest BCUT2D eigenvalue weighted by atomic mass is 35.5. The van der Waals surface area contributed by atoms with Crippen LogP contribution in [-0.4, -0.2) is 18.0 Å². The second-order valence-electron chi connectivity index (χ2n) is 3.43. The van der Waals surface area contributed by atoms with E-state index in [0.717, 1.165) is 5.69 Å². The molecule has 4 nitrogen and oxygen atoms in total. The van der Waals surface area contributed by atoms with E-state index in [9.17, 15) is 4.79 Å². The topological polar surface area (TPSA) is 51.2 Å². The van der Waals surface area contributed by atoms with Crippen LogP contribution in [0.15, 0.2) is 29.6 Å². The minimum absolute atomic E-state index is 0.247. The highest BCUT2D eigenvalue weighted by Crippen LogP contribution is 2.21. The second-order valence-corrected chi connectivity index (χ2v) is 4.56. The highest BCUT2D eigenvalue weighted by Gasteiger charge is 2.13. The van der Waals surface area contributed by atoms with Gasteiger partial charge in [-0.25, -0.2) is 4.98 Å². The monoisotopic (exact) mass is 282 g/mol. The Labute approximate surface area is 114 Å². The van der Waals surface area contributed by atoms with E-state index < -0.39 is 0 Å². The minimum Gasteiger partial charge on any atom is -0.496 e. The maximum absolute atomic E-state index is 12.0. The number of carbonyl (C=O) groups is 1. The number of nitrogens with one attached hydrogen (secondary N) is 1. The molecular formula is C12H11ClN2O2S. The number of alkyl halides is 1. The molecule has 94 valence electrons. The van der Waals surface area contributed by atoms with Gasteiger partial charge in [-0.1, -0.05) is 12.1 Å². The predicted octanol–water partition coefficient (Wildman–Crippen LogP) is 3.14. The lowest BCUT2D eigenvalue weighted by Gasteiger charge is -2.06. The van der Waals surface area contributed by atoms with Crippen molar-refractivity contribution in [3.05, 3.63) is 40.9 Å². The molecule has 18 heavy (non-hydrogen) atoms. The number of aromatic nitrogens is 1. The molecule has 0 fully saturated rings. The van der Waals surface area contributed by atoms with Crippen molar-refractivity contribution in [3.63, 3.8) is 0 Å². The van der Waals surface area contributed by atoms with E-state index in [-0.39, 0.29) is 5.91 Å². The van der Waals surface area contributed by atoms with Gasteiger partial charge in [0.15, 0.2) is 5.13 Å². The van der Waals surface area contributed by atoms with Crippen LogP contribution in [0.4, 0.5) is 5.13 Å². The summed E-state index contributed by atoms with van der Waals surface area (Å²) in [5.74, 6) is 0.619. The van der Waals surface area contributed by atoms with Crippen molar-refractivity contribution in [1.82, 2.24) is 4.98 Å². The number of nitrogens with zero attached hydrogens (tertiary/aromatic N) is 1. The number of ether oxygens (including phenoxy) is 1. The molecule has 0 aliphatic carbocycles. The molecule has 0 saturated heterocycles. The molecule has 0 saturated carbocycles. The molecule has 2 aromatic rings. The van der Waals surface area contributed by atoms with E-state index in [0.29, 0.717) is 22.3 Å². The van der Waals surface area contributed by atoms with Gasteiger partial charge in [-0.15, -0.1) is 22.9 Å². The molecule has 0 aliphatic heterocycles. The maximum atomic E-state index is 12.0. The van der Waals surface area contributed by atoms with E-state index in [1.165, 1.54) is 18.4 Å². The molecule has 0 unspecified atom stereocenters. The molecular weight excluding hydrogens is 272 g/mol. The first-order valence-corrected chi connectivity index (χ1v) is 6.60. The van der Waals surface area contributed by atoms with Crippen LogP contribution in [0, 0.1) is 0 Å². The average Bonchev–Trinajstić information content (AvgIpc) is 2.86. The lowest BCUT2D eigenvalue weighted by molar-refractivity contribution is 0.102. The minimum atomic E-state index is -0.247. The van der Waals surface area contributed by atoms with Gasteiger partial charge in [0.2, 0.25) is 0 Å². The molecule has 0 radical (unpaired) electrons. The van der Waals surface area contributed by atoms with Gasteiger partial charge in [-0.05, 0) is 12.1 Å². The molecule has 1 N–H and O–H groups in total. The molecule has 0 bridgehead atoms. The zero-order chi connectivity index (χ0) is 13.0.